The zero-order valence-corrected chi connectivity index (χ0v) is 13.1. The molecule has 4 heteroatoms. The smallest absolute Gasteiger partial charge is 0.119 e. The van der Waals surface area contributed by atoms with Gasteiger partial charge in [-0.05, 0) is 44.0 Å². The van der Waals surface area contributed by atoms with Crippen LogP contribution in [0.25, 0.3) is 0 Å². The summed E-state index contributed by atoms with van der Waals surface area (Å²) in [4.78, 5) is 2.21. The van der Waals surface area contributed by atoms with Crippen LogP contribution in [0.4, 0.5) is 0 Å². The fourth-order valence-corrected chi connectivity index (χ4v) is 3.06. The van der Waals surface area contributed by atoms with E-state index in [1.807, 2.05) is 24.3 Å². The van der Waals surface area contributed by atoms with Crippen LogP contribution in [0.1, 0.15) is 37.7 Å². The normalized spacial score (nSPS) is 17.3. The quantitative estimate of drug-likeness (QED) is 0.721. The maximum Gasteiger partial charge on any atom is 0.119 e. The molecule has 0 atom stereocenters. The largest absolute Gasteiger partial charge is 0.494 e. The van der Waals surface area contributed by atoms with Gasteiger partial charge in [-0.1, -0.05) is 25.0 Å². The van der Waals surface area contributed by atoms with Crippen LogP contribution in [0.2, 0.25) is 0 Å². The van der Waals surface area contributed by atoms with Gasteiger partial charge in [0.05, 0.1) is 12.2 Å². The second kappa shape index (κ2) is 7.78. The summed E-state index contributed by atoms with van der Waals surface area (Å²) in [5.74, 6) is 0.884. The average Bonchev–Trinajstić information content (AvgIpc) is 2.90. The van der Waals surface area contributed by atoms with Crippen LogP contribution in [-0.4, -0.2) is 42.4 Å². The third kappa shape index (κ3) is 5.30. The summed E-state index contributed by atoms with van der Waals surface area (Å²) < 4.78 is 5.75. The van der Waals surface area contributed by atoms with Gasteiger partial charge in [-0.25, -0.2) is 0 Å². The topological polar surface area (TPSA) is 58.7 Å². The van der Waals surface area contributed by atoms with Crippen molar-refractivity contribution in [3.05, 3.63) is 29.8 Å². The highest BCUT2D eigenvalue weighted by molar-refractivity contribution is 5.28. The molecule has 0 unspecified atom stereocenters. The first kappa shape index (κ1) is 16.3. The van der Waals surface area contributed by atoms with Gasteiger partial charge in [0, 0.05) is 19.6 Å². The van der Waals surface area contributed by atoms with Gasteiger partial charge >= 0.3 is 0 Å². The molecular weight excluding hydrogens is 264 g/mol. The number of benzene rings is 1. The maximum absolute atomic E-state index is 10.4. The summed E-state index contributed by atoms with van der Waals surface area (Å²) in [6, 6.07) is 7.93. The summed E-state index contributed by atoms with van der Waals surface area (Å²) in [5.41, 5.74) is 6.26. The van der Waals surface area contributed by atoms with Crippen LogP contribution < -0.4 is 10.5 Å². The van der Waals surface area contributed by atoms with Crippen molar-refractivity contribution >= 4 is 0 Å². The fraction of sp³-hybridized carbons (Fsp3) is 0.647. The zero-order valence-electron chi connectivity index (χ0n) is 13.1. The highest BCUT2D eigenvalue weighted by Crippen LogP contribution is 2.29. The second-order valence-corrected chi connectivity index (χ2v) is 6.22. The van der Waals surface area contributed by atoms with E-state index < -0.39 is 5.60 Å². The van der Waals surface area contributed by atoms with Crippen molar-refractivity contribution in [3.8, 4) is 5.75 Å². The van der Waals surface area contributed by atoms with Crippen molar-refractivity contribution in [2.24, 2.45) is 5.73 Å². The summed E-state index contributed by atoms with van der Waals surface area (Å²) in [5, 5.41) is 10.4. The van der Waals surface area contributed by atoms with Crippen LogP contribution >= 0.6 is 0 Å². The van der Waals surface area contributed by atoms with E-state index in [1.165, 1.54) is 0 Å². The molecule has 0 heterocycles. The Balaban J connectivity index is 1.64. The maximum atomic E-state index is 10.4. The molecular formula is C17H28N2O2. The molecule has 1 aliphatic rings. The SMILES string of the molecule is CN(CCCOc1cccc(CN)c1)CC1(O)CCCC1. The van der Waals surface area contributed by atoms with E-state index in [-0.39, 0.29) is 0 Å². The molecule has 0 aromatic heterocycles. The minimum Gasteiger partial charge on any atom is -0.494 e. The number of ether oxygens (including phenoxy) is 1. The van der Waals surface area contributed by atoms with E-state index in [9.17, 15) is 5.11 Å². The molecule has 1 aliphatic carbocycles. The van der Waals surface area contributed by atoms with Crippen LogP contribution in [0.3, 0.4) is 0 Å². The predicted octanol–water partition coefficient (Wildman–Crippen LogP) is 2.15. The van der Waals surface area contributed by atoms with E-state index in [4.69, 9.17) is 10.5 Å². The van der Waals surface area contributed by atoms with E-state index in [2.05, 4.69) is 11.9 Å². The molecule has 0 saturated heterocycles. The lowest BCUT2D eigenvalue weighted by atomic mass is 10.0. The lowest BCUT2D eigenvalue weighted by molar-refractivity contribution is 0.0155. The average molecular weight is 292 g/mol. The Kier molecular flexibility index (Phi) is 6.03. The summed E-state index contributed by atoms with van der Waals surface area (Å²) >= 11 is 0. The van der Waals surface area contributed by atoms with Crippen LogP contribution in [0, 0.1) is 0 Å². The number of nitrogens with zero attached hydrogens (tertiary/aromatic N) is 1. The number of hydrogen-bond donors (Lipinski definition) is 2. The van der Waals surface area contributed by atoms with Gasteiger partial charge in [0.15, 0.2) is 0 Å². The Labute approximate surface area is 127 Å². The molecule has 0 radical (unpaired) electrons. The zero-order chi connectivity index (χ0) is 15.1. The summed E-state index contributed by atoms with van der Waals surface area (Å²) in [6.45, 7) is 2.95. The predicted molar refractivity (Wildman–Crippen MR) is 85.4 cm³/mol. The molecule has 0 amide bonds. The van der Waals surface area contributed by atoms with Gasteiger partial charge < -0.3 is 20.5 Å². The van der Waals surface area contributed by atoms with E-state index >= 15 is 0 Å². The first-order valence-electron chi connectivity index (χ1n) is 7.94. The van der Waals surface area contributed by atoms with Crippen LogP contribution in [-0.2, 0) is 6.54 Å². The van der Waals surface area contributed by atoms with Crippen molar-refractivity contribution in [3.63, 3.8) is 0 Å². The number of rotatable bonds is 8. The highest BCUT2D eigenvalue weighted by atomic mass is 16.5. The van der Waals surface area contributed by atoms with Crippen molar-refractivity contribution in [2.75, 3.05) is 26.7 Å². The molecule has 0 aliphatic heterocycles. The molecule has 1 aromatic rings. The van der Waals surface area contributed by atoms with Crippen LogP contribution in [0.15, 0.2) is 24.3 Å². The summed E-state index contributed by atoms with van der Waals surface area (Å²) in [7, 11) is 2.07. The molecule has 0 spiro atoms. The lowest BCUT2D eigenvalue weighted by Crippen LogP contribution is -2.39. The summed E-state index contributed by atoms with van der Waals surface area (Å²) in [6.07, 6.45) is 5.16. The Hall–Kier alpha value is -1.10. The molecule has 1 aromatic carbocycles. The van der Waals surface area contributed by atoms with E-state index in [0.29, 0.717) is 13.2 Å². The van der Waals surface area contributed by atoms with Crippen molar-refractivity contribution in [1.82, 2.24) is 4.90 Å². The van der Waals surface area contributed by atoms with Gasteiger partial charge in [-0.15, -0.1) is 0 Å². The van der Waals surface area contributed by atoms with Gasteiger partial charge in [0.2, 0.25) is 0 Å². The van der Waals surface area contributed by atoms with Crippen molar-refractivity contribution in [2.45, 2.75) is 44.2 Å². The van der Waals surface area contributed by atoms with Gasteiger partial charge in [0.25, 0.3) is 0 Å². The molecule has 1 saturated carbocycles. The minimum atomic E-state index is -0.453. The molecule has 4 nitrogen and oxygen atoms in total. The molecule has 1 fully saturated rings. The van der Waals surface area contributed by atoms with E-state index in [1.54, 1.807) is 0 Å². The Morgan fingerprint density at radius 1 is 1.33 bits per heavy atom. The Morgan fingerprint density at radius 3 is 2.81 bits per heavy atom. The Bertz CT molecular complexity index is 431. The highest BCUT2D eigenvalue weighted by Gasteiger charge is 2.31. The minimum absolute atomic E-state index is 0.453. The molecule has 2 rings (SSSR count). The second-order valence-electron chi connectivity index (χ2n) is 6.22. The number of nitrogens with two attached hydrogens (primary N) is 1. The first-order chi connectivity index (χ1) is 10.1. The van der Waals surface area contributed by atoms with Crippen molar-refractivity contribution in [1.29, 1.82) is 0 Å². The molecule has 0 bridgehead atoms. The first-order valence-corrected chi connectivity index (χ1v) is 7.94. The third-order valence-electron chi connectivity index (χ3n) is 4.19. The van der Waals surface area contributed by atoms with Crippen molar-refractivity contribution < 1.29 is 9.84 Å². The van der Waals surface area contributed by atoms with E-state index in [0.717, 1.165) is 56.5 Å². The molecule has 118 valence electrons. The van der Waals surface area contributed by atoms with Gasteiger partial charge in [-0.3, -0.25) is 0 Å². The van der Waals surface area contributed by atoms with Crippen LogP contribution in [0.5, 0.6) is 5.75 Å². The number of aliphatic hydroxyl groups is 1. The number of hydrogen-bond acceptors (Lipinski definition) is 4. The Morgan fingerprint density at radius 2 is 2.10 bits per heavy atom. The molecule has 21 heavy (non-hydrogen) atoms. The van der Waals surface area contributed by atoms with Gasteiger partial charge in [-0.2, -0.15) is 0 Å². The number of likely N-dealkylation sites (N-methyl/N-ethyl adjacent to an activating group) is 1. The monoisotopic (exact) mass is 292 g/mol. The molecule has 3 N–H and O–H groups in total. The fourth-order valence-electron chi connectivity index (χ4n) is 3.06. The third-order valence-corrected chi connectivity index (χ3v) is 4.19. The lowest BCUT2D eigenvalue weighted by Gasteiger charge is -2.28. The standard InChI is InChI=1S/C17H28N2O2/c1-19(14-17(20)8-2-3-9-17)10-5-11-21-16-7-4-6-15(12-16)13-18/h4,6-7,12,20H,2-3,5,8-11,13-14,18H2,1H3. The van der Waals surface area contributed by atoms with Gasteiger partial charge in [0.1, 0.15) is 5.75 Å².